The summed E-state index contributed by atoms with van der Waals surface area (Å²) >= 11 is 0. The van der Waals surface area contributed by atoms with Crippen molar-refractivity contribution in [2.45, 2.75) is 26.8 Å². The number of rotatable bonds is 5. The third-order valence-corrected chi connectivity index (χ3v) is 2.44. The van der Waals surface area contributed by atoms with Gasteiger partial charge in [0.25, 0.3) is 0 Å². The lowest BCUT2D eigenvalue weighted by atomic mass is 10.1. The molecule has 0 atom stereocenters. The molecule has 0 aromatic heterocycles. The highest BCUT2D eigenvalue weighted by Crippen LogP contribution is 2.13. The fourth-order valence-electron chi connectivity index (χ4n) is 1.58. The van der Waals surface area contributed by atoms with E-state index in [1.807, 2.05) is 18.2 Å². The molecule has 2 N–H and O–H groups in total. The zero-order valence-electron chi connectivity index (χ0n) is 9.16. The number of hydrogen-bond acceptors (Lipinski definition) is 2. The summed E-state index contributed by atoms with van der Waals surface area (Å²) in [4.78, 5) is 2.41. The molecule has 0 aliphatic heterocycles. The highest BCUT2D eigenvalue weighted by molar-refractivity contribution is 5.46. The maximum Gasteiger partial charge on any atom is 0.0359 e. The first-order valence-corrected chi connectivity index (χ1v) is 5.33. The molecule has 78 valence electrons. The van der Waals surface area contributed by atoms with Crippen LogP contribution < -0.4 is 5.73 Å². The molecule has 1 aromatic carbocycles. The van der Waals surface area contributed by atoms with Crippen molar-refractivity contribution in [3.63, 3.8) is 0 Å². The van der Waals surface area contributed by atoms with Gasteiger partial charge in [-0.25, -0.2) is 0 Å². The van der Waals surface area contributed by atoms with Gasteiger partial charge >= 0.3 is 0 Å². The molecule has 2 heteroatoms. The molecular formula is C12H20N2. The molecule has 0 radical (unpaired) electrons. The topological polar surface area (TPSA) is 29.3 Å². The van der Waals surface area contributed by atoms with E-state index in [2.05, 4.69) is 24.8 Å². The second kappa shape index (κ2) is 5.66. The Morgan fingerprint density at radius 1 is 1.21 bits per heavy atom. The molecule has 1 aromatic rings. The average molecular weight is 192 g/mol. The minimum Gasteiger partial charge on any atom is -0.398 e. The van der Waals surface area contributed by atoms with Gasteiger partial charge in [0.1, 0.15) is 0 Å². The largest absolute Gasteiger partial charge is 0.398 e. The average Bonchev–Trinajstić information content (AvgIpc) is 2.20. The third-order valence-electron chi connectivity index (χ3n) is 2.44. The summed E-state index contributed by atoms with van der Waals surface area (Å²) in [6.45, 7) is 7.59. The van der Waals surface area contributed by atoms with Crippen molar-refractivity contribution < 1.29 is 0 Å². The Balaban J connectivity index is 2.62. The Morgan fingerprint density at radius 3 is 2.50 bits per heavy atom. The minimum atomic E-state index is 0.905. The molecule has 0 heterocycles. The number of nitrogens with zero attached hydrogens (tertiary/aromatic N) is 1. The number of anilines is 1. The first-order chi connectivity index (χ1) is 6.77. The van der Waals surface area contributed by atoms with Crippen LogP contribution in [0.4, 0.5) is 5.69 Å². The number of hydrogen-bond donors (Lipinski definition) is 1. The van der Waals surface area contributed by atoms with Gasteiger partial charge in [-0.15, -0.1) is 0 Å². The smallest absolute Gasteiger partial charge is 0.0359 e. The maximum atomic E-state index is 5.89. The lowest BCUT2D eigenvalue weighted by molar-refractivity contribution is 0.281. The summed E-state index contributed by atoms with van der Waals surface area (Å²) in [6, 6.07) is 8.10. The van der Waals surface area contributed by atoms with Gasteiger partial charge in [0.15, 0.2) is 0 Å². The van der Waals surface area contributed by atoms with Gasteiger partial charge in [-0.3, -0.25) is 4.90 Å². The fourth-order valence-corrected chi connectivity index (χ4v) is 1.58. The monoisotopic (exact) mass is 192 g/mol. The zero-order valence-corrected chi connectivity index (χ0v) is 9.16. The van der Waals surface area contributed by atoms with Crippen LogP contribution >= 0.6 is 0 Å². The van der Waals surface area contributed by atoms with Crippen molar-refractivity contribution in [1.29, 1.82) is 0 Å². The fraction of sp³-hybridized carbons (Fsp3) is 0.500. The third kappa shape index (κ3) is 3.04. The van der Waals surface area contributed by atoms with Crippen molar-refractivity contribution in [3.05, 3.63) is 29.8 Å². The quantitative estimate of drug-likeness (QED) is 0.726. The number of nitrogen functional groups attached to an aromatic ring is 1. The molecule has 0 unspecified atom stereocenters. The molecule has 0 fully saturated rings. The van der Waals surface area contributed by atoms with Crippen molar-refractivity contribution in [2.24, 2.45) is 0 Å². The molecular weight excluding hydrogens is 172 g/mol. The van der Waals surface area contributed by atoms with E-state index < -0.39 is 0 Å². The second-order valence-electron chi connectivity index (χ2n) is 3.57. The molecule has 0 aliphatic rings. The SMILES string of the molecule is CCCN(CC)Cc1ccccc1N. The summed E-state index contributed by atoms with van der Waals surface area (Å²) in [7, 11) is 0. The van der Waals surface area contributed by atoms with Crippen LogP contribution in [0, 0.1) is 0 Å². The van der Waals surface area contributed by atoms with Crippen LogP contribution in [-0.2, 0) is 6.54 Å². The molecule has 0 bridgehead atoms. The standard InChI is InChI=1S/C12H20N2/c1-3-9-14(4-2)10-11-7-5-6-8-12(11)13/h5-8H,3-4,9-10,13H2,1-2H3. The van der Waals surface area contributed by atoms with Crippen LogP contribution in [0.3, 0.4) is 0 Å². The molecule has 2 nitrogen and oxygen atoms in total. The molecule has 0 saturated carbocycles. The first kappa shape index (κ1) is 11.1. The number of benzene rings is 1. The first-order valence-electron chi connectivity index (χ1n) is 5.33. The van der Waals surface area contributed by atoms with Crippen LogP contribution in [0.2, 0.25) is 0 Å². The van der Waals surface area contributed by atoms with Gasteiger partial charge < -0.3 is 5.73 Å². The zero-order chi connectivity index (χ0) is 10.4. The van der Waals surface area contributed by atoms with Crippen LogP contribution in [0.1, 0.15) is 25.8 Å². The van der Waals surface area contributed by atoms with E-state index in [9.17, 15) is 0 Å². The molecule has 0 spiro atoms. The lowest BCUT2D eigenvalue weighted by Crippen LogP contribution is -2.24. The number of nitrogens with two attached hydrogens (primary N) is 1. The highest BCUT2D eigenvalue weighted by atomic mass is 15.1. The summed E-state index contributed by atoms with van der Waals surface area (Å²) in [5.74, 6) is 0. The van der Waals surface area contributed by atoms with E-state index in [0.29, 0.717) is 0 Å². The highest BCUT2D eigenvalue weighted by Gasteiger charge is 2.04. The van der Waals surface area contributed by atoms with Gasteiger partial charge in [0.2, 0.25) is 0 Å². The molecule has 14 heavy (non-hydrogen) atoms. The molecule has 1 rings (SSSR count). The minimum absolute atomic E-state index is 0.905. The van der Waals surface area contributed by atoms with Crippen LogP contribution in [0.25, 0.3) is 0 Å². The molecule has 0 amide bonds. The Hall–Kier alpha value is -1.02. The summed E-state index contributed by atoms with van der Waals surface area (Å²) < 4.78 is 0. The van der Waals surface area contributed by atoms with Gasteiger partial charge in [0.05, 0.1) is 0 Å². The lowest BCUT2D eigenvalue weighted by Gasteiger charge is -2.20. The summed E-state index contributed by atoms with van der Waals surface area (Å²) in [6.07, 6.45) is 1.20. The van der Waals surface area contributed by atoms with Crippen LogP contribution in [0.5, 0.6) is 0 Å². The predicted octanol–water partition coefficient (Wildman–Crippen LogP) is 2.50. The summed E-state index contributed by atoms with van der Waals surface area (Å²) in [5.41, 5.74) is 8.04. The van der Waals surface area contributed by atoms with Crippen molar-refractivity contribution >= 4 is 5.69 Å². The van der Waals surface area contributed by atoms with Crippen LogP contribution in [0.15, 0.2) is 24.3 Å². The van der Waals surface area contributed by atoms with E-state index >= 15 is 0 Å². The van der Waals surface area contributed by atoms with E-state index in [1.165, 1.54) is 12.0 Å². The Bertz CT molecular complexity index is 271. The second-order valence-corrected chi connectivity index (χ2v) is 3.57. The van der Waals surface area contributed by atoms with Crippen molar-refractivity contribution in [1.82, 2.24) is 4.90 Å². The molecule has 0 aliphatic carbocycles. The predicted molar refractivity (Wildman–Crippen MR) is 62.1 cm³/mol. The Kier molecular flexibility index (Phi) is 4.47. The van der Waals surface area contributed by atoms with Gasteiger partial charge in [-0.2, -0.15) is 0 Å². The van der Waals surface area contributed by atoms with E-state index in [4.69, 9.17) is 5.73 Å². The normalized spacial score (nSPS) is 10.8. The number of para-hydroxylation sites is 1. The molecule has 0 saturated heterocycles. The Morgan fingerprint density at radius 2 is 1.93 bits per heavy atom. The van der Waals surface area contributed by atoms with Crippen molar-refractivity contribution in [3.8, 4) is 0 Å². The maximum absolute atomic E-state index is 5.89. The van der Waals surface area contributed by atoms with Gasteiger partial charge in [-0.1, -0.05) is 32.0 Å². The van der Waals surface area contributed by atoms with Gasteiger partial charge in [-0.05, 0) is 31.1 Å². The van der Waals surface area contributed by atoms with E-state index in [-0.39, 0.29) is 0 Å². The Labute approximate surface area is 86.7 Å². The van der Waals surface area contributed by atoms with E-state index in [1.54, 1.807) is 0 Å². The van der Waals surface area contributed by atoms with Crippen molar-refractivity contribution in [2.75, 3.05) is 18.8 Å². The van der Waals surface area contributed by atoms with E-state index in [0.717, 1.165) is 25.3 Å². The summed E-state index contributed by atoms with van der Waals surface area (Å²) in [5, 5.41) is 0. The van der Waals surface area contributed by atoms with Gasteiger partial charge in [0, 0.05) is 12.2 Å². The van der Waals surface area contributed by atoms with Crippen LogP contribution in [-0.4, -0.2) is 18.0 Å².